The maximum atomic E-state index is 13.0. The molecule has 0 bridgehead atoms. The van der Waals surface area contributed by atoms with Gasteiger partial charge in [-0.15, -0.1) is 5.10 Å². The zero-order valence-corrected chi connectivity index (χ0v) is 12.8. The lowest BCUT2D eigenvalue weighted by Gasteiger charge is -1.93. The third kappa shape index (κ3) is 2.44. The minimum absolute atomic E-state index is 0.250. The quantitative estimate of drug-likeness (QED) is 0.567. The van der Waals surface area contributed by atoms with Crippen LogP contribution in [-0.4, -0.2) is 14.6 Å². The standard InChI is InChI=1S/C16H10FN3O2S/c1-9-2-7-12(22-9)8-13-15(21)20-16(23-13)18-14(19-20)10-3-5-11(17)6-4-10/h2-8H,1H3/b13-8+. The number of aryl methyl sites for hydroxylation is 1. The molecule has 1 aromatic carbocycles. The van der Waals surface area contributed by atoms with Crippen LogP contribution in [0.2, 0.25) is 0 Å². The van der Waals surface area contributed by atoms with Gasteiger partial charge in [-0.1, -0.05) is 11.3 Å². The predicted octanol–water partition coefficient (Wildman–Crippen LogP) is 2.41. The third-order valence-corrected chi connectivity index (χ3v) is 4.28. The molecule has 0 N–H and O–H groups in total. The SMILES string of the molecule is Cc1ccc(/C=c2/sc3nc(-c4ccc(F)cc4)nn3c2=O)o1. The number of furan rings is 1. The largest absolute Gasteiger partial charge is 0.462 e. The summed E-state index contributed by atoms with van der Waals surface area (Å²) in [7, 11) is 0. The Balaban J connectivity index is 1.82. The van der Waals surface area contributed by atoms with Gasteiger partial charge in [0.2, 0.25) is 4.96 Å². The first-order valence-electron chi connectivity index (χ1n) is 6.84. The molecule has 0 fully saturated rings. The van der Waals surface area contributed by atoms with Crippen LogP contribution < -0.4 is 10.1 Å². The van der Waals surface area contributed by atoms with E-state index < -0.39 is 0 Å². The van der Waals surface area contributed by atoms with Gasteiger partial charge >= 0.3 is 0 Å². The second-order valence-electron chi connectivity index (χ2n) is 5.00. The van der Waals surface area contributed by atoms with Crippen LogP contribution in [-0.2, 0) is 0 Å². The van der Waals surface area contributed by atoms with Crippen LogP contribution in [0.1, 0.15) is 11.5 Å². The number of hydrogen-bond donors (Lipinski definition) is 0. The van der Waals surface area contributed by atoms with Crippen LogP contribution in [0.25, 0.3) is 22.4 Å². The van der Waals surface area contributed by atoms with E-state index in [2.05, 4.69) is 10.1 Å². The third-order valence-electron chi connectivity index (χ3n) is 3.32. The average Bonchev–Trinajstić information content (AvgIpc) is 3.19. The van der Waals surface area contributed by atoms with Gasteiger partial charge in [-0.05, 0) is 43.3 Å². The molecule has 23 heavy (non-hydrogen) atoms. The lowest BCUT2D eigenvalue weighted by atomic mass is 10.2. The van der Waals surface area contributed by atoms with Gasteiger partial charge in [0.15, 0.2) is 5.82 Å². The summed E-state index contributed by atoms with van der Waals surface area (Å²) >= 11 is 1.23. The Bertz CT molecular complexity index is 1110. The summed E-state index contributed by atoms with van der Waals surface area (Å²) in [5.74, 6) is 1.46. The fourth-order valence-corrected chi connectivity index (χ4v) is 3.10. The number of aromatic nitrogens is 3. The van der Waals surface area contributed by atoms with E-state index in [9.17, 15) is 9.18 Å². The summed E-state index contributed by atoms with van der Waals surface area (Å²) in [6.07, 6.45) is 1.67. The molecule has 3 aromatic heterocycles. The van der Waals surface area contributed by atoms with E-state index in [1.54, 1.807) is 24.3 Å². The molecule has 114 valence electrons. The first kappa shape index (κ1) is 13.8. The molecule has 7 heteroatoms. The maximum absolute atomic E-state index is 13.0. The van der Waals surface area contributed by atoms with E-state index in [0.29, 0.717) is 26.6 Å². The van der Waals surface area contributed by atoms with Crippen molar-refractivity contribution in [3.8, 4) is 11.4 Å². The molecular weight excluding hydrogens is 317 g/mol. The van der Waals surface area contributed by atoms with Crippen molar-refractivity contribution in [1.82, 2.24) is 14.6 Å². The van der Waals surface area contributed by atoms with Crippen molar-refractivity contribution in [1.29, 1.82) is 0 Å². The molecule has 0 aliphatic carbocycles. The van der Waals surface area contributed by atoms with Gasteiger partial charge in [-0.3, -0.25) is 4.79 Å². The van der Waals surface area contributed by atoms with Crippen molar-refractivity contribution in [2.75, 3.05) is 0 Å². The van der Waals surface area contributed by atoms with Crippen LogP contribution in [0.15, 0.2) is 45.6 Å². The van der Waals surface area contributed by atoms with Crippen molar-refractivity contribution in [3.63, 3.8) is 0 Å². The molecule has 3 heterocycles. The molecule has 0 spiro atoms. The van der Waals surface area contributed by atoms with E-state index in [-0.39, 0.29) is 11.4 Å². The highest BCUT2D eigenvalue weighted by Crippen LogP contribution is 2.17. The summed E-state index contributed by atoms with van der Waals surface area (Å²) in [5.41, 5.74) is 0.411. The van der Waals surface area contributed by atoms with E-state index in [1.165, 1.54) is 28.0 Å². The van der Waals surface area contributed by atoms with Crippen LogP contribution in [0.5, 0.6) is 0 Å². The van der Waals surface area contributed by atoms with E-state index in [0.717, 1.165) is 5.76 Å². The summed E-state index contributed by atoms with van der Waals surface area (Å²) < 4.78 is 20.2. The van der Waals surface area contributed by atoms with Crippen molar-refractivity contribution in [3.05, 3.63) is 68.6 Å². The molecule has 0 saturated heterocycles. The minimum Gasteiger partial charge on any atom is -0.462 e. The fraction of sp³-hybridized carbons (Fsp3) is 0.0625. The maximum Gasteiger partial charge on any atom is 0.291 e. The zero-order valence-electron chi connectivity index (χ0n) is 12.0. The molecule has 0 radical (unpaired) electrons. The summed E-state index contributed by atoms with van der Waals surface area (Å²) in [6.45, 7) is 1.84. The molecule has 0 saturated carbocycles. The van der Waals surface area contributed by atoms with Gasteiger partial charge < -0.3 is 4.42 Å². The smallest absolute Gasteiger partial charge is 0.291 e. The van der Waals surface area contributed by atoms with Crippen LogP contribution >= 0.6 is 11.3 Å². The Morgan fingerprint density at radius 1 is 1.22 bits per heavy atom. The van der Waals surface area contributed by atoms with Crippen molar-refractivity contribution in [2.45, 2.75) is 6.92 Å². The Kier molecular flexibility index (Phi) is 3.09. The topological polar surface area (TPSA) is 60.4 Å². The Labute approximate surface area is 133 Å². The molecular formula is C16H10FN3O2S. The lowest BCUT2D eigenvalue weighted by Crippen LogP contribution is -2.23. The van der Waals surface area contributed by atoms with Crippen molar-refractivity contribution in [2.24, 2.45) is 0 Å². The predicted molar refractivity (Wildman–Crippen MR) is 84.8 cm³/mol. The summed E-state index contributed by atoms with van der Waals surface area (Å²) in [4.78, 5) is 17.2. The van der Waals surface area contributed by atoms with Gasteiger partial charge in [0.05, 0.1) is 0 Å². The minimum atomic E-state index is -0.329. The number of benzene rings is 1. The van der Waals surface area contributed by atoms with Crippen LogP contribution in [0.3, 0.4) is 0 Å². The number of nitrogens with zero attached hydrogens (tertiary/aromatic N) is 3. The molecule has 4 rings (SSSR count). The van der Waals surface area contributed by atoms with Crippen molar-refractivity contribution < 1.29 is 8.81 Å². The molecule has 0 aliphatic heterocycles. The molecule has 0 unspecified atom stereocenters. The second-order valence-corrected chi connectivity index (χ2v) is 6.01. The van der Waals surface area contributed by atoms with Crippen molar-refractivity contribution >= 4 is 22.4 Å². The molecule has 4 aromatic rings. The number of hydrogen-bond acceptors (Lipinski definition) is 5. The van der Waals surface area contributed by atoms with Gasteiger partial charge in [0.25, 0.3) is 5.56 Å². The number of fused-ring (bicyclic) bond motifs is 1. The highest BCUT2D eigenvalue weighted by Gasteiger charge is 2.12. The fourth-order valence-electron chi connectivity index (χ4n) is 2.22. The first-order chi connectivity index (χ1) is 11.1. The van der Waals surface area contributed by atoms with Gasteiger partial charge in [0, 0.05) is 11.6 Å². The van der Waals surface area contributed by atoms with Crippen LogP contribution in [0.4, 0.5) is 4.39 Å². The average molecular weight is 327 g/mol. The normalized spacial score (nSPS) is 12.3. The Morgan fingerprint density at radius 2 is 2.00 bits per heavy atom. The molecule has 0 atom stereocenters. The first-order valence-corrected chi connectivity index (χ1v) is 7.65. The van der Waals surface area contributed by atoms with Gasteiger partial charge in [0.1, 0.15) is 21.9 Å². The highest BCUT2D eigenvalue weighted by molar-refractivity contribution is 7.15. The highest BCUT2D eigenvalue weighted by atomic mass is 32.1. The summed E-state index contributed by atoms with van der Waals surface area (Å²) in [6, 6.07) is 9.46. The second kappa shape index (κ2) is 5.13. The number of halogens is 1. The van der Waals surface area contributed by atoms with E-state index in [4.69, 9.17) is 4.42 Å². The zero-order chi connectivity index (χ0) is 16.0. The van der Waals surface area contributed by atoms with Gasteiger partial charge in [-0.25, -0.2) is 4.39 Å². The molecule has 0 amide bonds. The van der Waals surface area contributed by atoms with Gasteiger partial charge in [-0.2, -0.15) is 9.50 Å². The van der Waals surface area contributed by atoms with E-state index in [1.807, 2.05) is 13.0 Å². The molecule has 5 nitrogen and oxygen atoms in total. The number of thiazole rings is 1. The van der Waals surface area contributed by atoms with Crippen LogP contribution in [0, 0.1) is 12.7 Å². The molecule has 0 aliphatic rings. The summed E-state index contributed by atoms with van der Waals surface area (Å²) in [5, 5.41) is 4.21. The lowest BCUT2D eigenvalue weighted by molar-refractivity contribution is 0.525. The number of rotatable bonds is 2. The Hall–Kier alpha value is -2.80. The van der Waals surface area contributed by atoms with E-state index >= 15 is 0 Å². The Morgan fingerprint density at radius 3 is 2.65 bits per heavy atom. The monoisotopic (exact) mass is 327 g/mol.